The van der Waals surface area contributed by atoms with Crippen molar-refractivity contribution in [3.63, 3.8) is 0 Å². The normalized spacial score (nSPS) is 20.9. The van der Waals surface area contributed by atoms with Gasteiger partial charge >= 0.3 is 18.4 Å². The van der Waals surface area contributed by atoms with E-state index in [2.05, 4.69) is 4.74 Å². The number of anilines is 1. The van der Waals surface area contributed by atoms with Crippen LogP contribution in [0.2, 0.25) is 0 Å². The number of piperazine rings is 1. The summed E-state index contributed by atoms with van der Waals surface area (Å²) in [4.78, 5) is 16.6. The second-order valence-corrected chi connectivity index (χ2v) is 8.00. The lowest BCUT2D eigenvalue weighted by Crippen LogP contribution is -2.56. The van der Waals surface area contributed by atoms with Gasteiger partial charge in [-0.05, 0) is 19.1 Å². The largest absolute Gasteiger partial charge is 0.434 e. The lowest BCUT2D eigenvalue weighted by Gasteiger charge is -2.40. The van der Waals surface area contributed by atoms with Gasteiger partial charge in [0.05, 0.1) is 13.2 Å². The summed E-state index contributed by atoms with van der Waals surface area (Å²) in [6.07, 6.45) is -17.4. The highest BCUT2D eigenvalue weighted by atomic mass is 19.4. The van der Waals surface area contributed by atoms with Crippen LogP contribution in [0.5, 0.6) is 0 Å². The number of benzene rings is 1. The number of hydrogen-bond donors (Lipinski definition) is 0. The maximum Gasteiger partial charge on any atom is 0.434 e. The van der Waals surface area contributed by atoms with Gasteiger partial charge in [0, 0.05) is 56.6 Å². The molecule has 0 radical (unpaired) electrons. The van der Waals surface area contributed by atoms with Crippen LogP contribution in [0.1, 0.15) is 12.5 Å². The van der Waals surface area contributed by atoms with Crippen molar-refractivity contribution in [3.8, 4) is 0 Å². The number of rotatable bonds is 4. The fourth-order valence-corrected chi connectivity index (χ4v) is 3.86. The molecule has 2 fully saturated rings. The summed E-state index contributed by atoms with van der Waals surface area (Å²) < 4.78 is 99.7. The average Bonchev–Trinajstić information content (AvgIpc) is 2.72. The van der Waals surface area contributed by atoms with Crippen LogP contribution in [0.3, 0.4) is 0 Å². The Hall–Kier alpha value is -2.28. The molecule has 0 bridgehead atoms. The van der Waals surface area contributed by atoms with E-state index in [4.69, 9.17) is 4.74 Å². The Bertz CT molecular complexity index is 814. The van der Waals surface area contributed by atoms with Crippen molar-refractivity contribution in [2.75, 3.05) is 50.8 Å². The van der Waals surface area contributed by atoms with Crippen LogP contribution in [0.15, 0.2) is 18.2 Å². The quantitative estimate of drug-likeness (QED) is 0.605. The average molecular weight is 487 g/mol. The van der Waals surface area contributed by atoms with Crippen LogP contribution >= 0.6 is 0 Å². The molecule has 1 aromatic rings. The summed E-state index contributed by atoms with van der Waals surface area (Å²) >= 11 is 0. The second-order valence-electron chi connectivity index (χ2n) is 8.00. The van der Waals surface area contributed by atoms with Crippen molar-refractivity contribution in [2.45, 2.75) is 38.0 Å². The molecule has 0 N–H and O–H groups in total. The summed E-state index contributed by atoms with van der Waals surface area (Å²) in [5.74, 6) is -0.424. The molecule has 186 valence electrons. The van der Waals surface area contributed by atoms with Gasteiger partial charge in [0.25, 0.3) is 6.10 Å². The maximum atomic E-state index is 14.6. The highest BCUT2D eigenvalue weighted by Crippen LogP contribution is 2.36. The summed E-state index contributed by atoms with van der Waals surface area (Å²) in [5, 5.41) is 0. The predicted octanol–water partition coefficient (Wildman–Crippen LogP) is 3.80. The van der Waals surface area contributed by atoms with E-state index >= 15 is 0 Å². The number of alkyl halides is 6. The molecule has 2 aliphatic heterocycles. The first-order valence-corrected chi connectivity index (χ1v) is 10.3. The molecule has 3 rings (SSSR count). The lowest BCUT2D eigenvalue weighted by molar-refractivity contribution is -0.308. The molecule has 0 aliphatic carbocycles. The monoisotopic (exact) mass is 487 g/mol. The third-order valence-electron chi connectivity index (χ3n) is 5.57. The van der Waals surface area contributed by atoms with Crippen molar-refractivity contribution < 1.29 is 45.0 Å². The fourth-order valence-electron chi connectivity index (χ4n) is 3.86. The predicted molar refractivity (Wildman–Crippen MR) is 103 cm³/mol. The van der Waals surface area contributed by atoms with E-state index in [-0.39, 0.29) is 26.2 Å². The fraction of sp³-hybridized carbons (Fsp3) is 0.650. The minimum atomic E-state index is -5.77. The third kappa shape index (κ3) is 6.40. The van der Waals surface area contributed by atoms with Crippen molar-refractivity contribution >= 4 is 11.8 Å². The van der Waals surface area contributed by atoms with Gasteiger partial charge in [0.1, 0.15) is 5.82 Å². The highest BCUT2D eigenvalue weighted by Gasteiger charge is 2.60. The second kappa shape index (κ2) is 9.92. The van der Waals surface area contributed by atoms with Crippen LogP contribution in [0.4, 0.5) is 41.2 Å². The topological polar surface area (TPSA) is 45.2 Å². The van der Waals surface area contributed by atoms with E-state index in [1.54, 1.807) is 17.0 Å². The molecular weight excluding hydrogens is 463 g/mol. The molecule has 2 saturated heterocycles. The number of ether oxygens (including phenoxy) is 2. The van der Waals surface area contributed by atoms with Crippen LogP contribution in [-0.4, -0.2) is 86.3 Å². The van der Waals surface area contributed by atoms with E-state index in [9.17, 15) is 35.5 Å². The summed E-state index contributed by atoms with van der Waals surface area (Å²) in [6, 6.07) is 4.12. The summed E-state index contributed by atoms with van der Waals surface area (Å²) in [6.45, 7) is 4.17. The minimum Gasteiger partial charge on any atom is -0.426 e. The number of morpholine rings is 1. The van der Waals surface area contributed by atoms with Crippen molar-refractivity contribution in [1.29, 1.82) is 0 Å². The standard InChI is InChI=1S/C20H24F7N3O3/c1-13-11-28(4-5-30(13)18(31)33-17(19(22,23)24)20(25,26)27)12-14-2-3-15(10-16(14)21)29-6-8-32-9-7-29/h2-3,10,13,17H,4-9,11-12H2,1H3/t13-/m0/s1. The Kier molecular flexibility index (Phi) is 7.62. The van der Waals surface area contributed by atoms with Crippen molar-refractivity contribution in [1.82, 2.24) is 9.80 Å². The molecule has 0 unspecified atom stereocenters. The highest BCUT2D eigenvalue weighted by molar-refractivity contribution is 5.68. The van der Waals surface area contributed by atoms with Crippen LogP contribution < -0.4 is 4.90 Å². The Morgan fingerprint density at radius 3 is 2.27 bits per heavy atom. The molecule has 0 saturated carbocycles. The zero-order valence-corrected chi connectivity index (χ0v) is 17.8. The first-order chi connectivity index (χ1) is 15.4. The number of halogens is 7. The molecule has 1 aromatic carbocycles. The zero-order chi connectivity index (χ0) is 24.4. The van der Waals surface area contributed by atoms with Gasteiger partial charge in [-0.15, -0.1) is 0 Å². The Morgan fingerprint density at radius 1 is 1.09 bits per heavy atom. The first-order valence-electron chi connectivity index (χ1n) is 10.3. The van der Waals surface area contributed by atoms with Gasteiger partial charge in [0.15, 0.2) is 0 Å². The summed E-state index contributed by atoms with van der Waals surface area (Å²) in [7, 11) is 0. The van der Waals surface area contributed by atoms with Crippen molar-refractivity contribution in [3.05, 3.63) is 29.6 Å². The molecule has 0 aromatic heterocycles. The number of amides is 1. The Balaban J connectivity index is 1.58. The summed E-state index contributed by atoms with van der Waals surface area (Å²) in [5.41, 5.74) is 1.12. The van der Waals surface area contributed by atoms with E-state index in [1.165, 1.54) is 13.0 Å². The van der Waals surface area contributed by atoms with Crippen molar-refractivity contribution in [2.24, 2.45) is 0 Å². The number of carbonyl (C=O) groups excluding carboxylic acids is 1. The number of carbonyl (C=O) groups is 1. The SMILES string of the molecule is C[C@H]1CN(Cc2ccc(N3CCOCC3)cc2F)CCN1C(=O)OC(C(F)(F)F)C(F)(F)F. The van der Waals surface area contributed by atoms with Crippen LogP contribution in [-0.2, 0) is 16.0 Å². The zero-order valence-electron chi connectivity index (χ0n) is 17.8. The number of nitrogens with zero attached hydrogens (tertiary/aromatic N) is 3. The molecule has 2 aliphatic rings. The molecule has 1 atom stereocenters. The Morgan fingerprint density at radius 2 is 1.73 bits per heavy atom. The van der Waals surface area contributed by atoms with Gasteiger partial charge in [-0.1, -0.05) is 6.07 Å². The molecule has 1 amide bonds. The molecular formula is C20H24F7N3O3. The van der Waals surface area contributed by atoms with Crippen LogP contribution in [0, 0.1) is 5.82 Å². The molecule has 6 nitrogen and oxygen atoms in total. The molecule has 0 spiro atoms. The van der Waals surface area contributed by atoms with E-state index in [0.29, 0.717) is 31.9 Å². The minimum absolute atomic E-state index is 0.127. The molecule has 13 heteroatoms. The Labute approximate surface area is 185 Å². The van der Waals surface area contributed by atoms with Gasteiger partial charge in [-0.3, -0.25) is 4.90 Å². The van der Waals surface area contributed by atoms with Gasteiger partial charge in [0.2, 0.25) is 0 Å². The molecule has 2 heterocycles. The van der Waals surface area contributed by atoms with Gasteiger partial charge in [-0.25, -0.2) is 9.18 Å². The van der Waals surface area contributed by atoms with Crippen LogP contribution in [0.25, 0.3) is 0 Å². The maximum absolute atomic E-state index is 14.6. The van der Waals surface area contributed by atoms with Gasteiger partial charge < -0.3 is 19.3 Å². The molecule has 33 heavy (non-hydrogen) atoms. The smallest absolute Gasteiger partial charge is 0.426 e. The third-order valence-corrected chi connectivity index (χ3v) is 5.57. The van der Waals surface area contributed by atoms with Gasteiger partial charge in [-0.2, -0.15) is 26.3 Å². The van der Waals surface area contributed by atoms with E-state index in [0.717, 1.165) is 10.6 Å². The number of hydrogen-bond acceptors (Lipinski definition) is 5. The van der Waals surface area contributed by atoms with E-state index < -0.39 is 36.4 Å². The lowest BCUT2D eigenvalue weighted by atomic mass is 10.1. The van der Waals surface area contributed by atoms with E-state index in [1.807, 2.05) is 4.90 Å². The first kappa shape index (κ1) is 25.3.